The maximum absolute atomic E-state index is 12.2. The molecule has 3 amide bonds. The minimum absolute atomic E-state index is 0.00740. The number of urea groups is 1. The largest absolute Gasteiger partial charge is 0.350 e. The number of hydrogen-bond acceptors (Lipinski definition) is 4. The predicted octanol–water partition coefficient (Wildman–Crippen LogP) is 1.23. The van der Waals surface area contributed by atoms with Crippen LogP contribution in [0.2, 0.25) is 0 Å². The Morgan fingerprint density at radius 3 is 2.85 bits per heavy atom. The number of nitrogens with zero attached hydrogens (tertiary/aromatic N) is 6. The van der Waals surface area contributed by atoms with Gasteiger partial charge in [0.05, 0.1) is 30.8 Å². The third kappa shape index (κ3) is 4.66. The maximum atomic E-state index is 12.2. The van der Waals surface area contributed by atoms with Crippen LogP contribution in [-0.2, 0) is 24.4 Å². The van der Waals surface area contributed by atoms with Gasteiger partial charge < -0.3 is 19.7 Å². The van der Waals surface area contributed by atoms with Gasteiger partial charge in [-0.3, -0.25) is 9.48 Å². The molecule has 0 bridgehead atoms. The lowest BCUT2D eigenvalue weighted by Gasteiger charge is -2.23. The molecule has 27 heavy (non-hydrogen) atoms. The van der Waals surface area contributed by atoms with Crippen LogP contribution in [0, 0.1) is 0 Å². The molecule has 1 atom stereocenters. The summed E-state index contributed by atoms with van der Waals surface area (Å²) in [6, 6.07) is 2.03. The summed E-state index contributed by atoms with van der Waals surface area (Å²) in [5.41, 5.74) is 1.81. The minimum Gasteiger partial charge on any atom is -0.350 e. The highest BCUT2D eigenvalue weighted by atomic mass is 16.2. The number of imidazole rings is 1. The molecule has 0 radical (unpaired) electrons. The Kier molecular flexibility index (Phi) is 5.78. The molecule has 2 aromatic heterocycles. The van der Waals surface area contributed by atoms with Crippen molar-refractivity contribution < 1.29 is 9.59 Å². The SMILES string of the molecule is CC(CC(=O)NCc1cc2n(n1)CCCN(C(=O)N(C)C)C2)n1ccnc1. The molecule has 0 fully saturated rings. The van der Waals surface area contributed by atoms with Crippen LogP contribution in [0.15, 0.2) is 24.8 Å². The summed E-state index contributed by atoms with van der Waals surface area (Å²) < 4.78 is 3.85. The molecule has 3 heterocycles. The van der Waals surface area contributed by atoms with Crippen LogP contribution in [0.3, 0.4) is 0 Å². The molecule has 0 saturated heterocycles. The van der Waals surface area contributed by atoms with Gasteiger partial charge in [0.25, 0.3) is 0 Å². The van der Waals surface area contributed by atoms with E-state index in [2.05, 4.69) is 15.4 Å². The van der Waals surface area contributed by atoms with Crippen LogP contribution in [-0.4, -0.2) is 61.7 Å². The summed E-state index contributed by atoms with van der Waals surface area (Å²) in [5, 5.41) is 7.52. The summed E-state index contributed by atoms with van der Waals surface area (Å²) >= 11 is 0. The highest BCUT2D eigenvalue weighted by Gasteiger charge is 2.21. The average Bonchev–Trinajstić information content (AvgIpc) is 3.25. The quantitative estimate of drug-likeness (QED) is 0.854. The van der Waals surface area contributed by atoms with Crippen molar-refractivity contribution in [1.29, 1.82) is 0 Å². The average molecular weight is 373 g/mol. The molecule has 9 heteroatoms. The number of carbonyl (C=O) groups excluding carboxylic acids is 2. The number of rotatable bonds is 5. The fourth-order valence-corrected chi connectivity index (χ4v) is 3.22. The second-order valence-corrected chi connectivity index (χ2v) is 7.14. The summed E-state index contributed by atoms with van der Waals surface area (Å²) in [6.45, 7) is 4.40. The minimum atomic E-state index is -0.0243. The number of aryl methyl sites for hydroxylation is 1. The summed E-state index contributed by atoms with van der Waals surface area (Å²) in [4.78, 5) is 31.9. The van der Waals surface area contributed by atoms with Crippen molar-refractivity contribution in [3.63, 3.8) is 0 Å². The van der Waals surface area contributed by atoms with E-state index in [9.17, 15) is 9.59 Å². The van der Waals surface area contributed by atoms with Crippen molar-refractivity contribution in [1.82, 2.24) is 34.4 Å². The molecular formula is C18H27N7O2. The summed E-state index contributed by atoms with van der Waals surface area (Å²) in [5.74, 6) is -0.0243. The van der Waals surface area contributed by atoms with Crippen molar-refractivity contribution in [3.05, 3.63) is 36.2 Å². The molecule has 1 N–H and O–H groups in total. The Morgan fingerprint density at radius 1 is 1.33 bits per heavy atom. The van der Waals surface area contributed by atoms with E-state index in [0.29, 0.717) is 19.5 Å². The van der Waals surface area contributed by atoms with Crippen molar-refractivity contribution >= 4 is 11.9 Å². The third-order valence-corrected chi connectivity index (χ3v) is 4.70. The lowest BCUT2D eigenvalue weighted by molar-refractivity contribution is -0.121. The molecule has 0 aromatic carbocycles. The van der Waals surface area contributed by atoms with Crippen molar-refractivity contribution in [2.24, 2.45) is 0 Å². The van der Waals surface area contributed by atoms with Gasteiger partial charge in [-0.15, -0.1) is 0 Å². The monoisotopic (exact) mass is 373 g/mol. The highest BCUT2D eigenvalue weighted by Crippen LogP contribution is 2.15. The van der Waals surface area contributed by atoms with Gasteiger partial charge in [0.1, 0.15) is 0 Å². The molecule has 1 aliphatic heterocycles. The Bertz CT molecular complexity index is 782. The Labute approximate surface area is 159 Å². The maximum Gasteiger partial charge on any atom is 0.319 e. The lowest BCUT2D eigenvalue weighted by atomic mass is 10.2. The number of fused-ring (bicyclic) bond motifs is 1. The van der Waals surface area contributed by atoms with Gasteiger partial charge in [0, 0.05) is 52.0 Å². The smallest absolute Gasteiger partial charge is 0.319 e. The van der Waals surface area contributed by atoms with Crippen molar-refractivity contribution in [2.45, 2.75) is 45.4 Å². The number of carbonyl (C=O) groups is 2. The van der Waals surface area contributed by atoms with E-state index in [1.54, 1.807) is 31.5 Å². The van der Waals surface area contributed by atoms with E-state index in [4.69, 9.17) is 0 Å². The zero-order chi connectivity index (χ0) is 19.4. The molecule has 1 aliphatic rings. The summed E-state index contributed by atoms with van der Waals surface area (Å²) in [6.07, 6.45) is 6.52. The van der Waals surface area contributed by atoms with E-state index in [1.165, 1.54) is 0 Å². The Balaban J connectivity index is 1.56. The number of aromatic nitrogens is 4. The third-order valence-electron chi connectivity index (χ3n) is 4.70. The van der Waals surface area contributed by atoms with Gasteiger partial charge in [0.2, 0.25) is 5.91 Å². The first-order valence-electron chi connectivity index (χ1n) is 9.20. The van der Waals surface area contributed by atoms with Gasteiger partial charge in [0.15, 0.2) is 0 Å². The molecule has 146 valence electrons. The normalized spacial score (nSPS) is 15.0. The second-order valence-electron chi connectivity index (χ2n) is 7.14. The van der Waals surface area contributed by atoms with Crippen LogP contribution >= 0.6 is 0 Å². The first-order valence-corrected chi connectivity index (χ1v) is 9.20. The number of hydrogen-bond donors (Lipinski definition) is 1. The standard InChI is InChI=1S/C18H27N7O2/c1-14(24-8-5-19-13-24)9-17(26)20-11-15-10-16-12-23(18(27)22(2)3)6-4-7-25(16)21-15/h5,8,10,13-14H,4,6-7,9,11-12H2,1-3H3,(H,20,26). The van der Waals surface area contributed by atoms with Crippen LogP contribution in [0.25, 0.3) is 0 Å². The second kappa shape index (κ2) is 8.24. The van der Waals surface area contributed by atoms with Gasteiger partial charge in [-0.25, -0.2) is 9.78 Å². The molecule has 2 aromatic rings. The molecule has 1 unspecified atom stereocenters. The number of amides is 3. The fraction of sp³-hybridized carbons (Fsp3) is 0.556. The van der Waals surface area contributed by atoms with Crippen LogP contribution < -0.4 is 5.32 Å². The van der Waals surface area contributed by atoms with Gasteiger partial charge in [-0.1, -0.05) is 0 Å². The van der Waals surface area contributed by atoms with Gasteiger partial charge in [-0.05, 0) is 19.4 Å². The Morgan fingerprint density at radius 2 is 2.15 bits per heavy atom. The lowest BCUT2D eigenvalue weighted by Crippen LogP contribution is -2.38. The molecule has 0 saturated carbocycles. The van der Waals surface area contributed by atoms with Crippen molar-refractivity contribution in [3.8, 4) is 0 Å². The zero-order valence-corrected chi connectivity index (χ0v) is 16.1. The van der Waals surface area contributed by atoms with Gasteiger partial charge >= 0.3 is 6.03 Å². The van der Waals surface area contributed by atoms with Crippen LogP contribution in [0.5, 0.6) is 0 Å². The summed E-state index contributed by atoms with van der Waals surface area (Å²) in [7, 11) is 3.52. The van der Waals surface area contributed by atoms with Crippen LogP contribution in [0.4, 0.5) is 4.79 Å². The molecule has 0 aliphatic carbocycles. The fourth-order valence-electron chi connectivity index (χ4n) is 3.22. The molecule has 3 rings (SSSR count). The van der Waals surface area contributed by atoms with E-state index in [0.717, 1.165) is 30.9 Å². The van der Waals surface area contributed by atoms with Crippen molar-refractivity contribution in [2.75, 3.05) is 20.6 Å². The van der Waals surface area contributed by atoms with E-state index in [1.807, 2.05) is 33.3 Å². The van der Waals surface area contributed by atoms with E-state index in [-0.39, 0.29) is 18.0 Å². The topological polar surface area (TPSA) is 88.3 Å². The highest BCUT2D eigenvalue weighted by molar-refractivity contribution is 5.76. The van der Waals surface area contributed by atoms with E-state index < -0.39 is 0 Å². The van der Waals surface area contributed by atoms with E-state index >= 15 is 0 Å². The Hall–Kier alpha value is -2.84. The zero-order valence-electron chi connectivity index (χ0n) is 16.1. The van der Waals surface area contributed by atoms with Crippen LogP contribution in [0.1, 0.15) is 37.2 Å². The first kappa shape index (κ1) is 18.9. The predicted molar refractivity (Wildman–Crippen MR) is 99.7 cm³/mol. The molecule has 0 spiro atoms. The number of nitrogens with one attached hydrogen (secondary N) is 1. The molecular weight excluding hydrogens is 346 g/mol. The van der Waals surface area contributed by atoms with Gasteiger partial charge in [-0.2, -0.15) is 5.10 Å². The molecule has 9 nitrogen and oxygen atoms in total. The first-order chi connectivity index (χ1) is 12.9.